The molecule has 4 nitrogen and oxygen atoms in total. The Morgan fingerprint density at radius 3 is 2.43 bits per heavy atom. The zero-order valence-corrected chi connectivity index (χ0v) is 13.7. The van der Waals surface area contributed by atoms with Crippen LogP contribution in [0.2, 0.25) is 0 Å². The van der Waals surface area contributed by atoms with Crippen molar-refractivity contribution >= 4 is 23.5 Å². The summed E-state index contributed by atoms with van der Waals surface area (Å²) in [7, 11) is 0. The third kappa shape index (κ3) is 4.66. The van der Waals surface area contributed by atoms with Gasteiger partial charge < -0.3 is 15.0 Å². The number of nitrogens with one attached hydrogen (secondary N) is 1. The SMILES string of the molecule is O=C(Nc1ccc(OCc2ccccc2)cc1)N1CCSCC1. The molecular weight excluding hydrogens is 308 g/mol. The van der Waals surface area contributed by atoms with Crippen molar-refractivity contribution in [3.8, 4) is 5.75 Å². The molecule has 1 heterocycles. The minimum atomic E-state index is -0.0248. The highest BCUT2D eigenvalue weighted by atomic mass is 32.2. The smallest absolute Gasteiger partial charge is 0.321 e. The lowest BCUT2D eigenvalue weighted by Gasteiger charge is -2.26. The molecule has 1 N–H and O–H groups in total. The second-order valence-corrected chi connectivity index (χ2v) is 6.55. The summed E-state index contributed by atoms with van der Waals surface area (Å²) in [5.74, 6) is 2.82. The first-order chi connectivity index (χ1) is 11.3. The molecule has 120 valence electrons. The Kier molecular flexibility index (Phi) is 5.42. The van der Waals surface area contributed by atoms with Crippen LogP contribution in [0.3, 0.4) is 0 Å². The Labute approximate surface area is 140 Å². The molecule has 2 amide bonds. The van der Waals surface area contributed by atoms with E-state index in [1.165, 1.54) is 0 Å². The minimum absolute atomic E-state index is 0.0248. The number of thioether (sulfide) groups is 1. The lowest BCUT2D eigenvalue weighted by molar-refractivity contribution is 0.217. The van der Waals surface area contributed by atoms with Crippen molar-refractivity contribution in [3.63, 3.8) is 0 Å². The molecule has 0 atom stereocenters. The topological polar surface area (TPSA) is 41.6 Å². The van der Waals surface area contributed by atoms with Crippen LogP contribution in [0.1, 0.15) is 5.56 Å². The van der Waals surface area contributed by atoms with Gasteiger partial charge >= 0.3 is 6.03 Å². The lowest BCUT2D eigenvalue weighted by Crippen LogP contribution is -2.40. The molecular formula is C18H20N2O2S. The summed E-state index contributed by atoms with van der Waals surface area (Å²) in [6.45, 7) is 2.17. The summed E-state index contributed by atoms with van der Waals surface area (Å²) in [6, 6.07) is 17.5. The summed E-state index contributed by atoms with van der Waals surface area (Å²) in [6.07, 6.45) is 0. The highest BCUT2D eigenvalue weighted by Gasteiger charge is 2.16. The van der Waals surface area contributed by atoms with Gasteiger partial charge in [0.2, 0.25) is 0 Å². The Balaban J connectivity index is 1.51. The Morgan fingerprint density at radius 1 is 1.04 bits per heavy atom. The zero-order valence-electron chi connectivity index (χ0n) is 12.9. The fourth-order valence-electron chi connectivity index (χ4n) is 2.34. The average molecular weight is 328 g/mol. The number of urea groups is 1. The van der Waals surface area contributed by atoms with E-state index >= 15 is 0 Å². The van der Waals surface area contributed by atoms with Crippen LogP contribution in [0, 0.1) is 0 Å². The van der Waals surface area contributed by atoms with E-state index in [0.717, 1.165) is 41.6 Å². The van der Waals surface area contributed by atoms with Crippen molar-refractivity contribution in [1.82, 2.24) is 4.90 Å². The van der Waals surface area contributed by atoms with Crippen LogP contribution in [0.25, 0.3) is 0 Å². The Bertz CT molecular complexity index is 625. The molecule has 0 spiro atoms. The van der Waals surface area contributed by atoms with E-state index in [2.05, 4.69) is 5.32 Å². The van der Waals surface area contributed by atoms with Gasteiger partial charge in [-0.1, -0.05) is 30.3 Å². The number of carbonyl (C=O) groups excluding carboxylic acids is 1. The number of amides is 2. The second kappa shape index (κ2) is 7.92. The Hall–Kier alpha value is -2.14. The first-order valence-electron chi connectivity index (χ1n) is 7.72. The van der Waals surface area contributed by atoms with Gasteiger partial charge in [-0.05, 0) is 29.8 Å². The molecule has 0 saturated carbocycles. The number of nitrogens with zero attached hydrogens (tertiary/aromatic N) is 1. The fraction of sp³-hybridized carbons (Fsp3) is 0.278. The number of carbonyl (C=O) groups is 1. The molecule has 0 bridgehead atoms. The molecule has 5 heteroatoms. The normalized spacial score (nSPS) is 14.3. The van der Waals surface area contributed by atoms with Gasteiger partial charge in [0.05, 0.1) is 0 Å². The molecule has 1 aliphatic rings. The number of ether oxygens (including phenoxy) is 1. The third-order valence-electron chi connectivity index (χ3n) is 3.65. The molecule has 0 aliphatic carbocycles. The quantitative estimate of drug-likeness (QED) is 0.927. The van der Waals surface area contributed by atoms with Crippen molar-refractivity contribution in [2.24, 2.45) is 0 Å². The van der Waals surface area contributed by atoms with E-state index in [1.54, 1.807) is 0 Å². The molecule has 2 aromatic carbocycles. The zero-order chi connectivity index (χ0) is 15.9. The van der Waals surface area contributed by atoms with E-state index in [0.29, 0.717) is 6.61 Å². The lowest BCUT2D eigenvalue weighted by atomic mass is 10.2. The van der Waals surface area contributed by atoms with Gasteiger partial charge in [0.1, 0.15) is 12.4 Å². The van der Waals surface area contributed by atoms with Crippen LogP contribution in [-0.2, 0) is 6.61 Å². The summed E-state index contributed by atoms with van der Waals surface area (Å²) >= 11 is 1.89. The van der Waals surface area contributed by atoms with Crippen LogP contribution in [0.4, 0.5) is 10.5 Å². The third-order valence-corrected chi connectivity index (χ3v) is 4.59. The first-order valence-corrected chi connectivity index (χ1v) is 8.87. The second-order valence-electron chi connectivity index (χ2n) is 5.33. The maximum Gasteiger partial charge on any atom is 0.321 e. The van der Waals surface area contributed by atoms with E-state index in [-0.39, 0.29) is 6.03 Å². The summed E-state index contributed by atoms with van der Waals surface area (Å²) < 4.78 is 5.74. The van der Waals surface area contributed by atoms with Gasteiger partial charge in [-0.25, -0.2) is 4.79 Å². The van der Waals surface area contributed by atoms with Crippen LogP contribution in [0.5, 0.6) is 5.75 Å². The summed E-state index contributed by atoms with van der Waals surface area (Å²) in [5.41, 5.74) is 1.92. The van der Waals surface area contributed by atoms with Crippen LogP contribution >= 0.6 is 11.8 Å². The molecule has 1 aliphatic heterocycles. The monoisotopic (exact) mass is 328 g/mol. The first kappa shape index (κ1) is 15.7. The van der Waals surface area contributed by atoms with Crippen molar-refractivity contribution in [2.75, 3.05) is 29.9 Å². The molecule has 23 heavy (non-hydrogen) atoms. The molecule has 2 aromatic rings. The van der Waals surface area contributed by atoms with Gasteiger partial charge in [0.15, 0.2) is 0 Å². The van der Waals surface area contributed by atoms with E-state index < -0.39 is 0 Å². The highest BCUT2D eigenvalue weighted by molar-refractivity contribution is 7.99. The van der Waals surface area contributed by atoms with Crippen molar-refractivity contribution in [1.29, 1.82) is 0 Å². The van der Waals surface area contributed by atoms with E-state index in [9.17, 15) is 4.79 Å². The minimum Gasteiger partial charge on any atom is -0.489 e. The maximum absolute atomic E-state index is 12.1. The van der Waals surface area contributed by atoms with Gasteiger partial charge in [0, 0.05) is 30.3 Å². The van der Waals surface area contributed by atoms with Gasteiger partial charge in [-0.3, -0.25) is 0 Å². The number of benzene rings is 2. The molecule has 0 unspecified atom stereocenters. The number of anilines is 1. The van der Waals surface area contributed by atoms with Crippen molar-refractivity contribution in [2.45, 2.75) is 6.61 Å². The Morgan fingerprint density at radius 2 is 1.74 bits per heavy atom. The molecule has 0 radical (unpaired) electrons. The van der Waals surface area contributed by atoms with Crippen LogP contribution in [-0.4, -0.2) is 35.5 Å². The predicted molar refractivity (Wildman–Crippen MR) is 95.1 cm³/mol. The van der Waals surface area contributed by atoms with Crippen LogP contribution < -0.4 is 10.1 Å². The van der Waals surface area contributed by atoms with Crippen LogP contribution in [0.15, 0.2) is 54.6 Å². The molecule has 0 aromatic heterocycles. The van der Waals surface area contributed by atoms with E-state index in [4.69, 9.17) is 4.74 Å². The molecule has 1 saturated heterocycles. The molecule has 3 rings (SSSR count). The summed E-state index contributed by atoms with van der Waals surface area (Å²) in [4.78, 5) is 14.0. The number of hydrogen-bond acceptors (Lipinski definition) is 3. The number of hydrogen-bond donors (Lipinski definition) is 1. The van der Waals surface area contributed by atoms with Crippen molar-refractivity contribution < 1.29 is 9.53 Å². The van der Waals surface area contributed by atoms with E-state index in [1.807, 2.05) is 71.3 Å². The van der Waals surface area contributed by atoms with Gasteiger partial charge in [-0.15, -0.1) is 0 Å². The largest absolute Gasteiger partial charge is 0.489 e. The molecule has 1 fully saturated rings. The summed E-state index contributed by atoms with van der Waals surface area (Å²) in [5, 5.41) is 2.93. The fourth-order valence-corrected chi connectivity index (χ4v) is 3.25. The number of rotatable bonds is 4. The predicted octanol–water partition coefficient (Wildman–Crippen LogP) is 3.85. The average Bonchev–Trinajstić information content (AvgIpc) is 2.63. The highest BCUT2D eigenvalue weighted by Crippen LogP contribution is 2.18. The standard InChI is InChI=1S/C18H20N2O2S/c21-18(20-10-12-23-13-11-20)19-16-6-8-17(9-7-16)22-14-15-4-2-1-3-5-15/h1-9H,10-14H2,(H,19,21). The van der Waals surface area contributed by atoms with Crippen molar-refractivity contribution in [3.05, 3.63) is 60.2 Å². The van der Waals surface area contributed by atoms with Gasteiger partial charge in [-0.2, -0.15) is 11.8 Å². The van der Waals surface area contributed by atoms with Gasteiger partial charge in [0.25, 0.3) is 0 Å². The maximum atomic E-state index is 12.1.